The SMILES string of the molecule is Cc1ccc(O)c(C(=O)OC(C)C(=O)NCc2ccc3c(c2)OCO3)c1. The largest absolute Gasteiger partial charge is 0.507 e. The number of ether oxygens (including phenoxy) is 3. The van der Waals surface area contributed by atoms with Crippen molar-refractivity contribution in [2.24, 2.45) is 0 Å². The molecule has 1 amide bonds. The molecule has 26 heavy (non-hydrogen) atoms. The van der Waals surface area contributed by atoms with E-state index in [9.17, 15) is 14.7 Å². The highest BCUT2D eigenvalue weighted by Crippen LogP contribution is 2.32. The molecule has 0 spiro atoms. The fourth-order valence-electron chi connectivity index (χ4n) is 2.47. The van der Waals surface area contributed by atoms with Gasteiger partial charge in [0.25, 0.3) is 5.91 Å². The number of hydrogen-bond acceptors (Lipinski definition) is 6. The van der Waals surface area contributed by atoms with Crippen molar-refractivity contribution in [1.29, 1.82) is 0 Å². The van der Waals surface area contributed by atoms with Crippen LogP contribution in [-0.2, 0) is 16.1 Å². The minimum atomic E-state index is -1.00. The van der Waals surface area contributed by atoms with Crippen LogP contribution in [0.15, 0.2) is 36.4 Å². The lowest BCUT2D eigenvalue weighted by Crippen LogP contribution is -2.35. The monoisotopic (exact) mass is 357 g/mol. The Morgan fingerprint density at radius 1 is 1.19 bits per heavy atom. The molecule has 2 aromatic carbocycles. The topological polar surface area (TPSA) is 94.1 Å². The highest BCUT2D eigenvalue weighted by molar-refractivity contribution is 5.94. The lowest BCUT2D eigenvalue weighted by molar-refractivity contribution is -0.129. The van der Waals surface area contributed by atoms with E-state index >= 15 is 0 Å². The van der Waals surface area contributed by atoms with Gasteiger partial charge in [-0.05, 0) is 43.7 Å². The lowest BCUT2D eigenvalue weighted by atomic mass is 10.1. The van der Waals surface area contributed by atoms with Crippen LogP contribution in [0.5, 0.6) is 17.2 Å². The molecular formula is C19H19NO6. The predicted octanol–water partition coefficient (Wildman–Crippen LogP) is 2.29. The third-order valence-electron chi connectivity index (χ3n) is 3.93. The maximum atomic E-state index is 12.2. The van der Waals surface area contributed by atoms with E-state index in [4.69, 9.17) is 14.2 Å². The van der Waals surface area contributed by atoms with E-state index in [1.54, 1.807) is 25.1 Å². The van der Waals surface area contributed by atoms with Gasteiger partial charge in [-0.1, -0.05) is 17.7 Å². The van der Waals surface area contributed by atoms with Crippen LogP contribution in [-0.4, -0.2) is 29.9 Å². The van der Waals surface area contributed by atoms with E-state index in [1.807, 2.05) is 6.07 Å². The fraction of sp³-hybridized carbons (Fsp3) is 0.263. The van der Waals surface area contributed by atoms with Crippen molar-refractivity contribution in [3.05, 3.63) is 53.1 Å². The molecule has 1 aliphatic heterocycles. The Balaban J connectivity index is 1.56. The molecule has 3 rings (SSSR count). The molecule has 1 atom stereocenters. The number of amides is 1. The third kappa shape index (κ3) is 3.88. The standard InChI is InChI=1S/C19H19NO6/c1-11-3-5-15(21)14(7-11)19(23)26-12(2)18(22)20-9-13-4-6-16-17(8-13)25-10-24-16/h3-8,12,21H,9-10H2,1-2H3,(H,20,22). The van der Waals surface area contributed by atoms with Crippen LogP contribution in [0, 0.1) is 6.92 Å². The minimum Gasteiger partial charge on any atom is -0.507 e. The molecule has 7 heteroatoms. The maximum absolute atomic E-state index is 12.2. The number of carbonyl (C=O) groups is 2. The second kappa shape index (κ2) is 7.35. The van der Waals surface area contributed by atoms with Crippen LogP contribution in [0.1, 0.15) is 28.4 Å². The number of esters is 1. The molecule has 1 aliphatic rings. The summed E-state index contributed by atoms with van der Waals surface area (Å²) in [5.41, 5.74) is 1.66. The number of fused-ring (bicyclic) bond motifs is 1. The van der Waals surface area contributed by atoms with Crippen LogP contribution in [0.2, 0.25) is 0 Å². The van der Waals surface area contributed by atoms with Crippen LogP contribution >= 0.6 is 0 Å². The molecule has 2 N–H and O–H groups in total. The van der Waals surface area contributed by atoms with Crippen molar-refractivity contribution in [2.75, 3.05) is 6.79 Å². The average molecular weight is 357 g/mol. The maximum Gasteiger partial charge on any atom is 0.342 e. The highest BCUT2D eigenvalue weighted by Gasteiger charge is 2.21. The normalized spacial score (nSPS) is 13.2. The molecule has 0 aliphatic carbocycles. The van der Waals surface area contributed by atoms with Crippen molar-refractivity contribution < 1.29 is 28.9 Å². The van der Waals surface area contributed by atoms with E-state index in [0.717, 1.165) is 11.1 Å². The number of aryl methyl sites for hydroxylation is 1. The van der Waals surface area contributed by atoms with Crippen LogP contribution < -0.4 is 14.8 Å². The van der Waals surface area contributed by atoms with E-state index in [1.165, 1.54) is 19.1 Å². The number of nitrogens with one attached hydrogen (secondary N) is 1. The summed E-state index contributed by atoms with van der Waals surface area (Å²) < 4.78 is 15.7. The van der Waals surface area contributed by atoms with Crippen LogP contribution in [0.25, 0.3) is 0 Å². The number of phenols is 1. The number of aromatic hydroxyl groups is 1. The number of phenolic OH excluding ortho intramolecular Hbond substituents is 1. The Labute approximate surface area is 150 Å². The summed E-state index contributed by atoms with van der Waals surface area (Å²) in [4.78, 5) is 24.3. The molecule has 1 heterocycles. The van der Waals surface area contributed by atoms with Gasteiger partial charge >= 0.3 is 5.97 Å². The smallest absolute Gasteiger partial charge is 0.342 e. The molecule has 0 bridgehead atoms. The molecule has 2 aromatic rings. The number of carbonyl (C=O) groups excluding carboxylic acids is 2. The van der Waals surface area contributed by atoms with Crippen molar-refractivity contribution in [1.82, 2.24) is 5.32 Å². The first-order valence-corrected chi connectivity index (χ1v) is 8.11. The van der Waals surface area contributed by atoms with Gasteiger partial charge in [-0.2, -0.15) is 0 Å². The third-order valence-corrected chi connectivity index (χ3v) is 3.93. The number of hydrogen-bond donors (Lipinski definition) is 2. The second-order valence-corrected chi connectivity index (χ2v) is 5.97. The van der Waals surface area contributed by atoms with Gasteiger partial charge in [-0.25, -0.2) is 4.79 Å². The fourth-order valence-corrected chi connectivity index (χ4v) is 2.47. The Bertz CT molecular complexity index is 848. The predicted molar refractivity (Wildman–Crippen MR) is 92.1 cm³/mol. The van der Waals surface area contributed by atoms with E-state index in [2.05, 4.69) is 5.32 Å². The van der Waals surface area contributed by atoms with Crippen LogP contribution in [0.4, 0.5) is 0 Å². The molecule has 0 radical (unpaired) electrons. The van der Waals surface area contributed by atoms with Crippen molar-refractivity contribution in [2.45, 2.75) is 26.5 Å². The van der Waals surface area contributed by atoms with Gasteiger partial charge in [0.15, 0.2) is 17.6 Å². The summed E-state index contributed by atoms with van der Waals surface area (Å²) >= 11 is 0. The van der Waals surface area contributed by atoms with Crippen molar-refractivity contribution in [3.63, 3.8) is 0 Å². The quantitative estimate of drug-likeness (QED) is 0.798. The highest BCUT2D eigenvalue weighted by atomic mass is 16.7. The summed E-state index contributed by atoms with van der Waals surface area (Å²) in [5, 5.41) is 12.5. The van der Waals surface area contributed by atoms with Gasteiger partial charge in [0.1, 0.15) is 11.3 Å². The summed E-state index contributed by atoms with van der Waals surface area (Å²) in [6, 6.07) is 9.96. The van der Waals surface area contributed by atoms with E-state index < -0.39 is 18.0 Å². The van der Waals surface area contributed by atoms with Crippen molar-refractivity contribution in [3.8, 4) is 17.2 Å². The Morgan fingerprint density at radius 3 is 2.77 bits per heavy atom. The van der Waals surface area contributed by atoms with Gasteiger partial charge in [0, 0.05) is 6.54 Å². The van der Waals surface area contributed by atoms with Gasteiger partial charge < -0.3 is 24.6 Å². The molecule has 136 valence electrons. The van der Waals surface area contributed by atoms with Crippen molar-refractivity contribution >= 4 is 11.9 Å². The molecule has 0 aromatic heterocycles. The van der Waals surface area contributed by atoms with E-state index in [-0.39, 0.29) is 24.7 Å². The van der Waals surface area contributed by atoms with Crippen LogP contribution in [0.3, 0.4) is 0 Å². The van der Waals surface area contributed by atoms with Gasteiger partial charge in [0.05, 0.1) is 0 Å². The minimum absolute atomic E-state index is 0.0282. The molecule has 1 unspecified atom stereocenters. The second-order valence-electron chi connectivity index (χ2n) is 5.97. The molecule has 0 saturated heterocycles. The Morgan fingerprint density at radius 2 is 1.96 bits per heavy atom. The molecular weight excluding hydrogens is 338 g/mol. The Hall–Kier alpha value is -3.22. The summed E-state index contributed by atoms with van der Waals surface area (Å²) in [5.74, 6) is -0.0832. The summed E-state index contributed by atoms with van der Waals surface area (Å²) in [7, 11) is 0. The van der Waals surface area contributed by atoms with E-state index in [0.29, 0.717) is 11.5 Å². The summed E-state index contributed by atoms with van der Waals surface area (Å²) in [6.07, 6.45) is -1.00. The van der Waals surface area contributed by atoms with Gasteiger partial charge in [-0.15, -0.1) is 0 Å². The number of rotatable bonds is 5. The molecule has 0 fully saturated rings. The van der Waals surface area contributed by atoms with Gasteiger partial charge in [0.2, 0.25) is 6.79 Å². The number of benzene rings is 2. The summed E-state index contributed by atoms with van der Waals surface area (Å²) in [6.45, 7) is 3.70. The first-order valence-electron chi connectivity index (χ1n) is 8.11. The molecule has 7 nitrogen and oxygen atoms in total. The zero-order valence-electron chi connectivity index (χ0n) is 14.4. The zero-order chi connectivity index (χ0) is 18.7. The molecule has 0 saturated carbocycles. The zero-order valence-corrected chi connectivity index (χ0v) is 14.4. The lowest BCUT2D eigenvalue weighted by Gasteiger charge is -2.14. The average Bonchev–Trinajstić information content (AvgIpc) is 3.09. The first-order chi connectivity index (χ1) is 12.4. The first kappa shape index (κ1) is 17.6. The van der Waals surface area contributed by atoms with Gasteiger partial charge in [-0.3, -0.25) is 4.79 Å². The Kier molecular flexibility index (Phi) is 4.97.